The summed E-state index contributed by atoms with van der Waals surface area (Å²) in [5.41, 5.74) is 0.160. The van der Waals surface area contributed by atoms with Gasteiger partial charge in [-0.1, -0.05) is 33.1 Å². The van der Waals surface area contributed by atoms with Gasteiger partial charge in [0, 0.05) is 19.1 Å². The quantitative estimate of drug-likeness (QED) is 0.823. The summed E-state index contributed by atoms with van der Waals surface area (Å²) >= 11 is 0. The molecule has 0 radical (unpaired) electrons. The first kappa shape index (κ1) is 14.8. The van der Waals surface area contributed by atoms with E-state index in [1.807, 2.05) is 0 Å². The number of carbonyl (C=O) groups excluding carboxylic acids is 1. The Balaban J connectivity index is 1.82. The third-order valence-corrected chi connectivity index (χ3v) is 5.41. The largest absolute Gasteiger partial charge is 0.396 e. The van der Waals surface area contributed by atoms with Gasteiger partial charge >= 0.3 is 0 Å². The third kappa shape index (κ3) is 3.50. The van der Waals surface area contributed by atoms with Gasteiger partial charge in [0.05, 0.1) is 0 Å². The van der Waals surface area contributed by atoms with E-state index in [-0.39, 0.29) is 23.8 Å². The maximum Gasteiger partial charge on any atom is 0.223 e. The lowest BCUT2D eigenvalue weighted by Crippen LogP contribution is -2.41. The summed E-state index contributed by atoms with van der Waals surface area (Å²) in [5.74, 6) is 1.30. The molecule has 2 aliphatic carbocycles. The standard InChI is InChI=1S/C16H29NO2/c1-16(2)9-5-8-14(16)15(19)17-10-12-6-3-4-7-13(12)11-18/h12-14,18H,3-11H2,1-2H3,(H,17,19). The van der Waals surface area contributed by atoms with Crippen molar-refractivity contribution in [2.24, 2.45) is 23.2 Å². The molecule has 0 aliphatic heterocycles. The molecule has 2 N–H and O–H groups in total. The van der Waals surface area contributed by atoms with E-state index >= 15 is 0 Å². The van der Waals surface area contributed by atoms with Crippen LogP contribution in [0.2, 0.25) is 0 Å². The van der Waals surface area contributed by atoms with Crippen molar-refractivity contribution in [1.29, 1.82) is 0 Å². The molecule has 0 heterocycles. The Hall–Kier alpha value is -0.570. The van der Waals surface area contributed by atoms with Crippen molar-refractivity contribution in [2.75, 3.05) is 13.2 Å². The van der Waals surface area contributed by atoms with Gasteiger partial charge in [0.2, 0.25) is 5.91 Å². The van der Waals surface area contributed by atoms with Gasteiger partial charge in [-0.05, 0) is 42.9 Å². The Labute approximate surface area is 117 Å². The van der Waals surface area contributed by atoms with Crippen LogP contribution in [0.25, 0.3) is 0 Å². The molecule has 110 valence electrons. The SMILES string of the molecule is CC1(C)CCCC1C(=O)NCC1CCCCC1CO. The molecule has 19 heavy (non-hydrogen) atoms. The van der Waals surface area contributed by atoms with Crippen LogP contribution in [0, 0.1) is 23.2 Å². The topological polar surface area (TPSA) is 49.3 Å². The summed E-state index contributed by atoms with van der Waals surface area (Å²) in [7, 11) is 0. The first-order valence-corrected chi connectivity index (χ1v) is 7.93. The molecule has 0 saturated heterocycles. The van der Waals surface area contributed by atoms with Gasteiger partial charge in [-0.15, -0.1) is 0 Å². The van der Waals surface area contributed by atoms with Crippen LogP contribution in [0.4, 0.5) is 0 Å². The molecule has 2 fully saturated rings. The van der Waals surface area contributed by atoms with Crippen LogP contribution in [0.1, 0.15) is 58.8 Å². The first-order valence-electron chi connectivity index (χ1n) is 7.93. The average molecular weight is 267 g/mol. The van der Waals surface area contributed by atoms with Crippen LogP contribution in [-0.4, -0.2) is 24.2 Å². The average Bonchev–Trinajstić information content (AvgIpc) is 2.76. The summed E-state index contributed by atoms with van der Waals surface area (Å²) in [6, 6.07) is 0. The van der Waals surface area contributed by atoms with Crippen molar-refractivity contribution in [2.45, 2.75) is 58.8 Å². The minimum atomic E-state index is 0.160. The van der Waals surface area contributed by atoms with Crippen LogP contribution in [-0.2, 0) is 4.79 Å². The predicted molar refractivity (Wildman–Crippen MR) is 76.7 cm³/mol. The molecule has 0 spiro atoms. The van der Waals surface area contributed by atoms with Crippen molar-refractivity contribution < 1.29 is 9.90 Å². The first-order chi connectivity index (χ1) is 9.04. The molecule has 0 aromatic rings. The highest BCUT2D eigenvalue weighted by Gasteiger charge is 2.39. The summed E-state index contributed by atoms with van der Waals surface area (Å²) in [4.78, 5) is 12.3. The molecule has 0 bridgehead atoms. The minimum absolute atomic E-state index is 0.160. The Kier molecular flexibility index (Phi) is 4.88. The van der Waals surface area contributed by atoms with Gasteiger partial charge < -0.3 is 10.4 Å². The molecule has 2 rings (SSSR count). The van der Waals surface area contributed by atoms with E-state index in [1.54, 1.807) is 0 Å². The lowest BCUT2D eigenvalue weighted by atomic mass is 9.79. The molecule has 2 aliphatic rings. The van der Waals surface area contributed by atoms with Crippen molar-refractivity contribution in [3.8, 4) is 0 Å². The molecule has 3 unspecified atom stereocenters. The fourth-order valence-electron chi connectivity index (χ4n) is 3.96. The van der Waals surface area contributed by atoms with Gasteiger partial charge in [0.15, 0.2) is 0 Å². The summed E-state index contributed by atoms with van der Waals surface area (Å²) < 4.78 is 0. The van der Waals surface area contributed by atoms with Crippen molar-refractivity contribution in [3.63, 3.8) is 0 Å². The van der Waals surface area contributed by atoms with Crippen molar-refractivity contribution in [1.82, 2.24) is 5.32 Å². The Morgan fingerprint density at radius 3 is 2.42 bits per heavy atom. The molecular formula is C16H29NO2. The van der Waals surface area contributed by atoms with Crippen molar-refractivity contribution >= 4 is 5.91 Å². The van der Waals surface area contributed by atoms with Crippen LogP contribution < -0.4 is 5.32 Å². The molecule has 3 nitrogen and oxygen atoms in total. The highest BCUT2D eigenvalue weighted by Crippen LogP contribution is 2.42. The second-order valence-corrected chi connectivity index (χ2v) is 7.17. The van der Waals surface area contributed by atoms with E-state index in [2.05, 4.69) is 19.2 Å². The fourth-order valence-corrected chi connectivity index (χ4v) is 3.96. The summed E-state index contributed by atoms with van der Waals surface area (Å²) in [6.45, 7) is 5.45. The normalized spacial score (nSPS) is 34.2. The summed E-state index contributed by atoms with van der Waals surface area (Å²) in [6.07, 6.45) is 8.11. The monoisotopic (exact) mass is 267 g/mol. The van der Waals surface area contributed by atoms with E-state index in [1.165, 1.54) is 19.3 Å². The van der Waals surface area contributed by atoms with Gasteiger partial charge in [-0.3, -0.25) is 4.79 Å². The van der Waals surface area contributed by atoms with Crippen LogP contribution in [0.15, 0.2) is 0 Å². The van der Waals surface area contributed by atoms with E-state index in [4.69, 9.17) is 0 Å². The molecule has 2 saturated carbocycles. The maximum absolute atomic E-state index is 12.3. The lowest BCUT2D eigenvalue weighted by Gasteiger charge is -2.32. The van der Waals surface area contributed by atoms with E-state index in [0.29, 0.717) is 11.8 Å². The fraction of sp³-hybridized carbons (Fsp3) is 0.938. The number of nitrogens with one attached hydrogen (secondary N) is 1. The highest BCUT2D eigenvalue weighted by atomic mass is 16.3. The van der Waals surface area contributed by atoms with Gasteiger partial charge in [-0.2, -0.15) is 0 Å². The Morgan fingerprint density at radius 1 is 1.16 bits per heavy atom. The van der Waals surface area contributed by atoms with E-state index in [0.717, 1.165) is 32.2 Å². The van der Waals surface area contributed by atoms with Gasteiger partial charge in [0.1, 0.15) is 0 Å². The third-order valence-electron chi connectivity index (χ3n) is 5.41. The molecule has 0 aromatic carbocycles. The lowest BCUT2D eigenvalue weighted by molar-refractivity contribution is -0.128. The zero-order valence-electron chi connectivity index (χ0n) is 12.5. The molecule has 3 heteroatoms. The molecule has 0 aromatic heterocycles. The predicted octanol–water partition coefficient (Wildman–Crippen LogP) is 2.73. The smallest absolute Gasteiger partial charge is 0.223 e. The van der Waals surface area contributed by atoms with Crippen LogP contribution in [0.3, 0.4) is 0 Å². The number of rotatable bonds is 4. The Bertz CT molecular complexity index is 314. The second-order valence-electron chi connectivity index (χ2n) is 7.17. The number of hydrogen-bond donors (Lipinski definition) is 2. The number of amides is 1. The van der Waals surface area contributed by atoms with Crippen LogP contribution >= 0.6 is 0 Å². The Morgan fingerprint density at radius 2 is 1.84 bits per heavy atom. The number of aliphatic hydroxyl groups is 1. The summed E-state index contributed by atoms with van der Waals surface area (Å²) in [5, 5.41) is 12.6. The van der Waals surface area contributed by atoms with E-state index in [9.17, 15) is 9.90 Å². The minimum Gasteiger partial charge on any atom is -0.396 e. The van der Waals surface area contributed by atoms with Crippen molar-refractivity contribution in [3.05, 3.63) is 0 Å². The number of hydrogen-bond acceptors (Lipinski definition) is 2. The highest BCUT2D eigenvalue weighted by molar-refractivity contribution is 5.79. The van der Waals surface area contributed by atoms with Gasteiger partial charge in [0.25, 0.3) is 0 Å². The van der Waals surface area contributed by atoms with Gasteiger partial charge in [-0.25, -0.2) is 0 Å². The van der Waals surface area contributed by atoms with Crippen LogP contribution in [0.5, 0.6) is 0 Å². The number of aliphatic hydroxyl groups excluding tert-OH is 1. The second kappa shape index (κ2) is 6.25. The zero-order valence-corrected chi connectivity index (χ0v) is 12.5. The molecular weight excluding hydrogens is 238 g/mol. The van der Waals surface area contributed by atoms with E-state index < -0.39 is 0 Å². The molecule has 1 amide bonds. The maximum atomic E-state index is 12.3. The molecule has 3 atom stereocenters. The zero-order chi connectivity index (χ0) is 13.9. The number of carbonyl (C=O) groups is 1.